The number of halogens is 1. The normalized spacial score (nSPS) is 18.5. The number of anilines is 1. The van der Waals surface area contributed by atoms with E-state index < -0.39 is 15.7 Å². The molecule has 0 unspecified atom stereocenters. The zero-order chi connectivity index (χ0) is 20.5. The Kier molecular flexibility index (Phi) is 5.85. The number of carbonyl (C=O) groups excluding carboxylic acids is 1. The summed E-state index contributed by atoms with van der Waals surface area (Å²) in [6, 6.07) is 5.64. The van der Waals surface area contributed by atoms with Crippen molar-refractivity contribution < 1.29 is 17.6 Å². The molecule has 28 heavy (non-hydrogen) atoms. The van der Waals surface area contributed by atoms with E-state index >= 15 is 0 Å². The molecule has 9 heteroatoms. The van der Waals surface area contributed by atoms with Crippen LogP contribution in [0.15, 0.2) is 24.3 Å². The summed E-state index contributed by atoms with van der Waals surface area (Å²) in [7, 11) is -1.17. The molecule has 1 aliphatic rings. The summed E-state index contributed by atoms with van der Waals surface area (Å²) in [6.45, 7) is 4.47. The van der Waals surface area contributed by atoms with Gasteiger partial charge in [0.25, 0.3) is 0 Å². The van der Waals surface area contributed by atoms with Crippen LogP contribution >= 0.6 is 0 Å². The molecule has 0 bridgehead atoms. The highest BCUT2D eigenvalue weighted by atomic mass is 32.2. The predicted molar refractivity (Wildman–Crippen MR) is 105 cm³/mol. The van der Waals surface area contributed by atoms with E-state index in [9.17, 15) is 17.6 Å². The van der Waals surface area contributed by atoms with Crippen LogP contribution in [0.5, 0.6) is 0 Å². The number of rotatable bonds is 6. The minimum absolute atomic E-state index is 0.125. The first kappa shape index (κ1) is 20.5. The van der Waals surface area contributed by atoms with Crippen LogP contribution in [0.25, 0.3) is 0 Å². The van der Waals surface area contributed by atoms with Gasteiger partial charge >= 0.3 is 0 Å². The zero-order valence-corrected chi connectivity index (χ0v) is 17.1. The fourth-order valence-corrected chi connectivity index (χ4v) is 5.28. The number of aromatic nitrogens is 2. The summed E-state index contributed by atoms with van der Waals surface area (Å²) in [5.74, 6) is -0.317. The SMILES string of the molecule is Cc1nn([C@@H]2CCS(=O)(=O)C2)c(C)c1CN(C)CC(=O)Nc1cccc(F)c1. The Bertz CT molecular complexity index is 987. The monoisotopic (exact) mass is 408 g/mol. The highest BCUT2D eigenvalue weighted by molar-refractivity contribution is 7.91. The van der Waals surface area contributed by atoms with Crippen LogP contribution in [0.2, 0.25) is 0 Å². The van der Waals surface area contributed by atoms with Crippen LogP contribution in [0.4, 0.5) is 10.1 Å². The molecule has 1 N–H and O–H groups in total. The van der Waals surface area contributed by atoms with Crippen molar-refractivity contribution in [2.24, 2.45) is 0 Å². The quantitative estimate of drug-likeness (QED) is 0.791. The topological polar surface area (TPSA) is 84.3 Å². The van der Waals surface area contributed by atoms with Gasteiger partial charge in [0.2, 0.25) is 5.91 Å². The Morgan fingerprint density at radius 1 is 1.39 bits per heavy atom. The van der Waals surface area contributed by atoms with Gasteiger partial charge in [-0.3, -0.25) is 14.4 Å². The van der Waals surface area contributed by atoms with Crippen LogP contribution in [0, 0.1) is 19.7 Å². The van der Waals surface area contributed by atoms with E-state index in [1.807, 2.05) is 30.5 Å². The molecule has 1 aromatic carbocycles. The summed E-state index contributed by atoms with van der Waals surface area (Å²) in [5, 5.41) is 7.23. The first-order valence-electron chi connectivity index (χ1n) is 9.13. The van der Waals surface area contributed by atoms with Gasteiger partial charge in [0.15, 0.2) is 9.84 Å². The van der Waals surface area contributed by atoms with Crippen molar-refractivity contribution in [2.75, 3.05) is 30.4 Å². The maximum absolute atomic E-state index is 13.2. The largest absolute Gasteiger partial charge is 0.325 e. The van der Waals surface area contributed by atoms with Crippen molar-refractivity contribution in [2.45, 2.75) is 32.9 Å². The van der Waals surface area contributed by atoms with E-state index in [0.29, 0.717) is 18.7 Å². The Morgan fingerprint density at radius 3 is 2.79 bits per heavy atom. The first-order valence-corrected chi connectivity index (χ1v) is 11.0. The van der Waals surface area contributed by atoms with Gasteiger partial charge in [-0.2, -0.15) is 5.10 Å². The second kappa shape index (κ2) is 8.00. The molecule has 1 aromatic heterocycles. The van der Waals surface area contributed by atoms with Gasteiger partial charge in [0.05, 0.1) is 29.8 Å². The molecule has 2 aromatic rings. The lowest BCUT2D eigenvalue weighted by Gasteiger charge is -2.17. The second-order valence-electron chi connectivity index (χ2n) is 7.38. The number of likely N-dealkylation sites (N-methyl/N-ethyl adjacent to an activating group) is 1. The zero-order valence-electron chi connectivity index (χ0n) is 16.3. The van der Waals surface area contributed by atoms with E-state index in [0.717, 1.165) is 17.0 Å². The van der Waals surface area contributed by atoms with E-state index in [2.05, 4.69) is 10.4 Å². The Balaban J connectivity index is 1.64. The van der Waals surface area contributed by atoms with Crippen LogP contribution in [0.3, 0.4) is 0 Å². The average molecular weight is 408 g/mol. The van der Waals surface area contributed by atoms with Gasteiger partial charge in [-0.25, -0.2) is 12.8 Å². The molecule has 7 nitrogen and oxygen atoms in total. The molecule has 1 fully saturated rings. The van der Waals surface area contributed by atoms with E-state index in [1.165, 1.54) is 12.1 Å². The van der Waals surface area contributed by atoms with Crippen LogP contribution < -0.4 is 5.32 Å². The minimum Gasteiger partial charge on any atom is -0.325 e. The molecule has 0 radical (unpaired) electrons. The number of sulfone groups is 1. The molecular weight excluding hydrogens is 383 g/mol. The molecular formula is C19H25FN4O3S. The standard InChI is InChI=1S/C19H25FN4O3S/c1-13-18(14(2)24(22-13)17-7-8-28(26,27)12-17)10-23(3)11-19(25)21-16-6-4-5-15(20)9-16/h4-6,9,17H,7-8,10-12H2,1-3H3,(H,21,25)/t17-/m1/s1. The molecule has 1 amide bonds. The second-order valence-corrected chi connectivity index (χ2v) is 9.61. The Hall–Kier alpha value is -2.26. The van der Waals surface area contributed by atoms with Crippen LogP contribution in [0.1, 0.15) is 29.4 Å². The number of hydrogen-bond donors (Lipinski definition) is 1. The van der Waals surface area contributed by atoms with E-state index in [-0.39, 0.29) is 30.0 Å². The van der Waals surface area contributed by atoms with Crippen molar-refractivity contribution in [3.8, 4) is 0 Å². The van der Waals surface area contributed by atoms with Crippen molar-refractivity contribution >= 4 is 21.4 Å². The van der Waals surface area contributed by atoms with E-state index in [1.54, 1.807) is 12.1 Å². The molecule has 1 atom stereocenters. The summed E-state index contributed by atoms with van der Waals surface area (Å²) < 4.78 is 38.6. The third-order valence-electron chi connectivity index (χ3n) is 4.98. The number of aryl methyl sites for hydroxylation is 1. The summed E-state index contributed by atoms with van der Waals surface area (Å²) in [6.07, 6.45) is 0.579. The predicted octanol–water partition coefficient (Wildman–Crippen LogP) is 2.07. The molecule has 3 rings (SSSR count). The molecule has 0 spiro atoms. The van der Waals surface area contributed by atoms with Crippen molar-refractivity contribution in [1.29, 1.82) is 0 Å². The average Bonchev–Trinajstić information content (AvgIpc) is 3.08. The molecule has 152 valence electrons. The smallest absolute Gasteiger partial charge is 0.238 e. The van der Waals surface area contributed by atoms with Crippen molar-refractivity contribution in [3.63, 3.8) is 0 Å². The molecule has 1 saturated heterocycles. The fourth-order valence-electron chi connectivity index (χ4n) is 3.59. The first-order chi connectivity index (χ1) is 13.1. The van der Waals surface area contributed by atoms with Gasteiger partial charge < -0.3 is 5.32 Å². The van der Waals surface area contributed by atoms with Gasteiger partial charge in [-0.15, -0.1) is 0 Å². The third kappa shape index (κ3) is 4.77. The lowest BCUT2D eigenvalue weighted by Crippen LogP contribution is -2.30. The van der Waals surface area contributed by atoms with Gasteiger partial charge in [-0.1, -0.05) is 6.07 Å². The summed E-state index contributed by atoms with van der Waals surface area (Å²) >= 11 is 0. The Morgan fingerprint density at radius 2 is 2.14 bits per heavy atom. The number of hydrogen-bond acceptors (Lipinski definition) is 5. The molecule has 2 heterocycles. The fraction of sp³-hybridized carbons (Fsp3) is 0.474. The van der Waals surface area contributed by atoms with Gasteiger partial charge in [-0.05, 0) is 45.5 Å². The van der Waals surface area contributed by atoms with Crippen molar-refractivity contribution in [3.05, 3.63) is 47.0 Å². The van der Waals surface area contributed by atoms with Crippen molar-refractivity contribution in [1.82, 2.24) is 14.7 Å². The highest BCUT2D eigenvalue weighted by Gasteiger charge is 2.31. The summed E-state index contributed by atoms with van der Waals surface area (Å²) in [5.41, 5.74) is 3.17. The van der Waals surface area contributed by atoms with E-state index in [4.69, 9.17) is 0 Å². The number of nitrogens with zero attached hydrogens (tertiary/aromatic N) is 3. The molecule has 0 aliphatic carbocycles. The number of carbonyl (C=O) groups is 1. The maximum Gasteiger partial charge on any atom is 0.238 e. The Labute approximate surface area is 164 Å². The number of amides is 1. The summed E-state index contributed by atoms with van der Waals surface area (Å²) in [4.78, 5) is 14.1. The number of nitrogens with one attached hydrogen (secondary N) is 1. The molecule has 0 saturated carbocycles. The lowest BCUT2D eigenvalue weighted by atomic mass is 10.1. The highest BCUT2D eigenvalue weighted by Crippen LogP contribution is 2.27. The number of benzene rings is 1. The maximum atomic E-state index is 13.2. The third-order valence-corrected chi connectivity index (χ3v) is 6.73. The van der Waals surface area contributed by atoms with Crippen LogP contribution in [-0.2, 0) is 21.2 Å². The minimum atomic E-state index is -2.99. The lowest BCUT2D eigenvalue weighted by molar-refractivity contribution is -0.117. The molecule has 1 aliphatic heterocycles. The van der Waals surface area contributed by atoms with Gasteiger partial charge in [0.1, 0.15) is 5.82 Å². The van der Waals surface area contributed by atoms with Crippen LogP contribution in [-0.4, -0.2) is 54.1 Å². The van der Waals surface area contributed by atoms with Gasteiger partial charge in [0, 0.05) is 23.5 Å².